The smallest absolute Gasteiger partial charge is 0.417 e. The number of rotatable bonds is 5. The lowest BCUT2D eigenvalue weighted by molar-refractivity contribution is -0.138. The summed E-state index contributed by atoms with van der Waals surface area (Å²) < 4.78 is 48.4. The van der Waals surface area contributed by atoms with Gasteiger partial charge in [0.25, 0.3) is 0 Å². The zero-order valence-electron chi connectivity index (χ0n) is 12.3. The molecule has 0 aliphatic carbocycles. The van der Waals surface area contributed by atoms with Crippen molar-refractivity contribution in [1.82, 2.24) is 4.98 Å². The van der Waals surface area contributed by atoms with Crippen LogP contribution in [0.5, 0.6) is 5.88 Å². The highest BCUT2D eigenvalue weighted by Gasteiger charge is 2.36. The van der Waals surface area contributed by atoms with Crippen LogP contribution in [0.15, 0.2) is 12.3 Å². The highest BCUT2D eigenvalue weighted by atomic mass is 32.3. The van der Waals surface area contributed by atoms with Crippen LogP contribution in [0, 0.1) is 0 Å². The monoisotopic (exact) mass is 325 g/mol. The van der Waals surface area contributed by atoms with Gasteiger partial charge in [0, 0.05) is 18.0 Å². The second kappa shape index (κ2) is 6.55. The number of carbonyl (C=O) groups excluding carboxylic acids is 1. The van der Waals surface area contributed by atoms with Gasteiger partial charge in [0.05, 0.1) is 24.8 Å². The predicted octanol–water partition coefficient (Wildman–Crippen LogP) is 2.96. The van der Waals surface area contributed by atoms with E-state index in [0.717, 1.165) is 25.1 Å². The van der Waals surface area contributed by atoms with E-state index in [1.54, 1.807) is 0 Å². The molecular weight excluding hydrogens is 307 g/mol. The average Bonchev–Trinajstić information content (AvgIpc) is 2.35. The van der Waals surface area contributed by atoms with E-state index in [9.17, 15) is 18.0 Å². The van der Waals surface area contributed by atoms with Crippen LogP contribution in [0.3, 0.4) is 0 Å². The van der Waals surface area contributed by atoms with Crippen LogP contribution >= 0.6 is 10.0 Å². The van der Waals surface area contributed by atoms with Crippen LogP contribution in [0.25, 0.3) is 0 Å². The minimum Gasteiger partial charge on any atom is -0.477 e. The number of aromatic nitrogens is 1. The van der Waals surface area contributed by atoms with E-state index in [1.165, 1.54) is 0 Å². The van der Waals surface area contributed by atoms with Gasteiger partial charge in [0.15, 0.2) is 0 Å². The minimum absolute atomic E-state index is 0.154. The van der Waals surface area contributed by atoms with Gasteiger partial charge in [-0.05, 0) is 18.8 Å². The Labute approximate surface area is 123 Å². The first-order valence-corrected chi connectivity index (χ1v) is 9.01. The van der Waals surface area contributed by atoms with Crippen LogP contribution < -0.4 is 4.74 Å². The van der Waals surface area contributed by atoms with Crippen molar-refractivity contribution in [3.63, 3.8) is 0 Å². The molecule has 21 heavy (non-hydrogen) atoms. The molecule has 120 valence electrons. The lowest BCUT2D eigenvalue weighted by atomic mass is 10.1. The molecule has 0 fully saturated rings. The van der Waals surface area contributed by atoms with Gasteiger partial charge in [-0.3, -0.25) is 0 Å². The van der Waals surface area contributed by atoms with Crippen LogP contribution in [-0.2, 0) is 10.9 Å². The van der Waals surface area contributed by atoms with Crippen molar-refractivity contribution in [3.05, 3.63) is 23.4 Å². The van der Waals surface area contributed by atoms with E-state index in [-0.39, 0.29) is 12.5 Å². The Hall–Kier alpha value is -1.44. The summed E-state index contributed by atoms with van der Waals surface area (Å²) in [6, 6.07) is 0.726. The van der Waals surface area contributed by atoms with Crippen LogP contribution in [0.2, 0.25) is 0 Å². The van der Waals surface area contributed by atoms with E-state index < -0.39 is 33.3 Å². The lowest BCUT2D eigenvalue weighted by Crippen LogP contribution is -2.16. The maximum atomic E-state index is 12.9. The molecule has 0 N–H and O–H groups in total. The summed E-state index contributed by atoms with van der Waals surface area (Å²) in [4.78, 5) is 15.1. The molecule has 0 radical (unpaired) electrons. The Morgan fingerprint density at radius 3 is 2.43 bits per heavy atom. The maximum Gasteiger partial charge on any atom is 0.417 e. The molecule has 0 unspecified atom stereocenters. The van der Waals surface area contributed by atoms with Gasteiger partial charge in [0.1, 0.15) is 0 Å². The fourth-order valence-corrected chi connectivity index (χ4v) is 2.00. The van der Waals surface area contributed by atoms with E-state index in [4.69, 9.17) is 4.74 Å². The summed E-state index contributed by atoms with van der Waals surface area (Å²) in [6.45, 7) is 0.278. The number of hydrogen-bond acceptors (Lipinski definition) is 4. The molecule has 1 aromatic rings. The molecule has 1 heterocycles. The van der Waals surface area contributed by atoms with Gasteiger partial charge in [0.2, 0.25) is 5.88 Å². The van der Waals surface area contributed by atoms with Crippen LogP contribution in [0.4, 0.5) is 13.2 Å². The predicted molar refractivity (Wildman–Crippen MR) is 76.3 cm³/mol. The molecule has 0 saturated heterocycles. The number of halogens is 3. The SMILES string of the molecule is COC(=O)c1cnc(OCCS(C)(C)C)cc1C(F)(F)F. The maximum absolute atomic E-state index is 12.9. The first kappa shape index (κ1) is 17.6. The third-order valence-electron chi connectivity index (χ3n) is 2.54. The average molecular weight is 325 g/mol. The molecule has 1 aromatic heterocycles. The van der Waals surface area contributed by atoms with Crippen molar-refractivity contribution in [3.8, 4) is 5.88 Å². The first-order valence-electron chi connectivity index (χ1n) is 5.99. The van der Waals surface area contributed by atoms with Crippen molar-refractivity contribution >= 4 is 16.0 Å². The van der Waals surface area contributed by atoms with E-state index in [2.05, 4.69) is 28.5 Å². The van der Waals surface area contributed by atoms with E-state index >= 15 is 0 Å². The highest BCUT2D eigenvalue weighted by Crippen LogP contribution is 2.35. The Balaban J connectivity index is 2.97. The third kappa shape index (κ3) is 5.45. The molecule has 0 aliphatic rings. The van der Waals surface area contributed by atoms with Gasteiger partial charge in [-0.15, -0.1) is 0 Å². The van der Waals surface area contributed by atoms with Crippen LogP contribution in [-0.4, -0.2) is 49.2 Å². The Kier molecular flexibility index (Phi) is 5.49. The molecule has 0 bridgehead atoms. The number of hydrogen-bond donors (Lipinski definition) is 0. The van der Waals surface area contributed by atoms with Gasteiger partial charge >= 0.3 is 12.1 Å². The third-order valence-corrected chi connectivity index (χ3v) is 3.93. The molecule has 0 saturated carbocycles. The molecule has 4 nitrogen and oxygen atoms in total. The van der Waals surface area contributed by atoms with Crippen LogP contribution in [0.1, 0.15) is 15.9 Å². The topological polar surface area (TPSA) is 48.4 Å². The summed E-state index contributed by atoms with van der Waals surface area (Å²) in [7, 11) is 0.205. The van der Waals surface area contributed by atoms with E-state index in [0.29, 0.717) is 0 Å². The number of nitrogens with zero attached hydrogens (tertiary/aromatic N) is 1. The molecule has 8 heteroatoms. The van der Waals surface area contributed by atoms with Gasteiger partial charge in [-0.25, -0.2) is 19.8 Å². The second-order valence-corrected chi connectivity index (χ2v) is 9.79. The number of alkyl halides is 3. The standard InChI is InChI=1S/C13H18F3NO3S/c1-19-12(18)9-8-17-11(7-10(9)13(14,15)16)20-5-6-21(2,3)4/h7-8H,5-6H2,1-4H3. The number of methoxy groups -OCH3 is 1. The summed E-state index contributed by atoms with van der Waals surface area (Å²) in [6.07, 6.45) is 2.37. The normalized spacial score (nSPS) is 12.9. The molecule has 0 aliphatic heterocycles. The highest BCUT2D eigenvalue weighted by molar-refractivity contribution is 8.32. The largest absolute Gasteiger partial charge is 0.477 e. The number of carbonyl (C=O) groups is 1. The quantitative estimate of drug-likeness (QED) is 0.781. The van der Waals surface area contributed by atoms with Gasteiger partial charge < -0.3 is 9.47 Å². The van der Waals surface area contributed by atoms with E-state index in [1.807, 2.05) is 0 Å². The summed E-state index contributed by atoms with van der Waals surface area (Å²) in [5, 5.41) is 0. The van der Waals surface area contributed by atoms with Crippen molar-refractivity contribution in [2.45, 2.75) is 6.18 Å². The van der Waals surface area contributed by atoms with Crippen molar-refractivity contribution < 1.29 is 27.4 Å². The molecule has 1 rings (SSSR count). The summed E-state index contributed by atoms with van der Waals surface area (Å²) in [5.74, 6) is -0.492. The van der Waals surface area contributed by atoms with Crippen molar-refractivity contribution in [2.24, 2.45) is 0 Å². The van der Waals surface area contributed by atoms with Gasteiger partial charge in [-0.2, -0.15) is 13.2 Å². The lowest BCUT2D eigenvalue weighted by Gasteiger charge is -2.24. The molecule has 0 atom stereocenters. The molecule has 0 aromatic carbocycles. The summed E-state index contributed by atoms with van der Waals surface area (Å²) >= 11 is 0. The second-order valence-electron chi connectivity index (χ2n) is 5.20. The van der Waals surface area contributed by atoms with Crippen molar-refractivity contribution in [1.29, 1.82) is 0 Å². The number of esters is 1. The molecule has 0 spiro atoms. The van der Waals surface area contributed by atoms with Crippen molar-refractivity contribution in [2.75, 3.05) is 38.2 Å². The fraction of sp³-hybridized carbons (Fsp3) is 0.538. The number of pyridine rings is 1. The summed E-state index contributed by atoms with van der Waals surface area (Å²) in [5.41, 5.74) is -1.73. The molecule has 0 amide bonds. The number of ether oxygens (including phenoxy) is 2. The zero-order chi connectivity index (χ0) is 16.3. The Morgan fingerprint density at radius 1 is 1.33 bits per heavy atom. The Morgan fingerprint density at radius 2 is 1.95 bits per heavy atom. The minimum atomic E-state index is -4.68. The zero-order valence-corrected chi connectivity index (χ0v) is 13.1. The fourth-order valence-electron chi connectivity index (χ4n) is 1.42. The molecular formula is C13H18F3NO3S. The Bertz CT molecular complexity index is 512. The van der Waals surface area contributed by atoms with Gasteiger partial charge in [-0.1, -0.05) is 0 Å². The first-order chi connectivity index (χ1) is 9.54.